The number of sulfonamides is 1. The first-order chi connectivity index (χ1) is 9.12. The fraction of sp³-hybridized carbons (Fsp3) is 0.250. The van der Waals surface area contributed by atoms with E-state index >= 15 is 0 Å². The van der Waals surface area contributed by atoms with Gasteiger partial charge in [-0.1, -0.05) is 12.1 Å². The minimum atomic E-state index is -3.54. The predicted molar refractivity (Wildman–Crippen MR) is 69.8 cm³/mol. The van der Waals surface area contributed by atoms with Crippen LogP contribution in [0.3, 0.4) is 0 Å². The molecule has 0 saturated heterocycles. The molecule has 1 aromatic heterocycles. The van der Waals surface area contributed by atoms with Crippen molar-refractivity contribution in [3.63, 3.8) is 0 Å². The third kappa shape index (κ3) is 3.63. The topological polar surface area (TPSA) is 84.2 Å². The van der Waals surface area contributed by atoms with Crippen molar-refractivity contribution in [2.24, 2.45) is 0 Å². The lowest BCUT2D eigenvalue weighted by atomic mass is 10.2. The Labute approximate surface area is 111 Å². The van der Waals surface area contributed by atoms with E-state index in [9.17, 15) is 8.42 Å². The van der Waals surface area contributed by atoms with Crippen molar-refractivity contribution in [3.05, 3.63) is 48.5 Å². The molecule has 0 aliphatic carbocycles. The van der Waals surface area contributed by atoms with Gasteiger partial charge in [0.15, 0.2) is 0 Å². The quantitative estimate of drug-likeness (QED) is 0.800. The molecule has 2 aromatic rings. The number of nitrogens with zero attached hydrogens (tertiary/aromatic N) is 2. The number of aliphatic hydroxyl groups is 1. The first kappa shape index (κ1) is 13.7. The van der Waals surface area contributed by atoms with Crippen LogP contribution in [0.15, 0.2) is 47.9 Å². The summed E-state index contributed by atoms with van der Waals surface area (Å²) in [6, 6.07) is 6.23. The van der Waals surface area contributed by atoms with E-state index in [-0.39, 0.29) is 18.0 Å². The molecule has 0 atom stereocenters. The molecule has 0 unspecified atom stereocenters. The van der Waals surface area contributed by atoms with E-state index in [4.69, 9.17) is 5.11 Å². The minimum Gasteiger partial charge on any atom is -0.392 e. The van der Waals surface area contributed by atoms with Crippen LogP contribution in [-0.2, 0) is 23.2 Å². The van der Waals surface area contributed by atoms with Crippen LogP contribution < -0.4 is 4.72 Å². The summed E-state index contributed by atoms with van der Waals surface area (Å²) in [7, 11) is -3.54. The second kappa shape index (κ2) is 5.96. The molecule has 0 spiro atoms. The highest BCUT2D eigenvalue weighted by Crippen LogP contribution is 2.11. The zero-order valence-electron chi connectivity index (χ0n) is 10.2. The van der Waals surface area contributed by atoms with E-state index in [0.717, 1.165) is 0 Å². The van der Waals surface area contributed by atoms with E-state index in [1.54, 1.807) is 35.4 Å². The van der Waals surface area contributed by atoms with E-state index in [2.05, 4.69) is 9.71 Å². The fourth-order valence-electron chi connectivity index (χ4n) is 1.62. The van der Waals surface area contributed by atoms with Crippen molar-refractivity contribution in [3.8, 4) is 0 Å². The molecule has 6 nitrogen and oxygen atoms in total. The number of imidazole rings is 1. The van der Waals surface area contributed by atoms with Crippen molar-refractivity contribution in [1.29, 1.82) is 0 Å². The second-order valence-corrected chi connectivity index (χ2v) is 5.77. The lowest BCUT2D eigenvalue weighted by Gasteiger charge is -2.08. The standard InChI is InChI=1S/C12H15N3O3S/c16-9-11-2-1-3-12(8-11)19(17,18)14-5-7-15-6-4-13-10-15/h1-4,6,8,10,14,16H,5,7,9H2. The molecule has 0 saturated carbocycles. The summed E-state index contributed by atoms with van der Waals surface area (Å²) < 4.78 is 28.3. The molecule has 2 rings (SSSR count). The van der Waals surface area contributed by atoms with Crippen molar-refractivity contribution < 1.29 is 13.5 Å². The Kier molecular flexibility index (Phi) is 4.31. The Morgan fingerprint density at radius 1 is 1.37 bits per heavy atom. The minimum absolute atomic E-state index is 0.157. The lowest BCUT2D eigenvalue weighted by molar-refractivity contribution is 0.281. The Morgan fingerprint density at radius 2 is 2.21 bits per heavy atom. The number of aliphatic hydroxyl groups excluding tert-OH is 1. The Balaban J connectivity index is 2.01. The SMILES string of the molecule is O=S(=O)(NCCn1ccnc1)c1cccc(CO)c1. The maximum atomic E-state index is 12.0. The summed E-state index contributed by atoms with van der Waals surface area (Å²) in [6.07, 6.45) is 5.03. The molecular weight excluding hydrogens is 266 g/mol. The van der Waals surface area contributed by atoms with Crippen molar-refractivity contribution in [2.45, 2.75) is 18.0 Å². The van der Waals surface area contributed by atoms with E-state index in [0.29, 0.717) is 12.1 Å². The van der Waals surface area contributed by atoms with Gasteiger partial charge in [-0.25, -0.2) is 18.1 Å². The van der Waals surface area contributed by atoms with Gasteiger partial charge in [-0.2, -0.15) is 0 Å². The number of benzene rings is 1. The van der Waals surface area contributed by atoms with Crippen LogP contribution in [0, 0.1) is 0 Å². The number of nitrogens with one attached hydrogen (secondary N) is 1. The maximum Gasteiger partial charge on any atom is 0.240 e. The summed E-state index contributed by atoms with van der Waals surface area (Å²) in [4.78, 5) is 4.03. The van der Waals surface area contributed by atoms with Crippen LogP contribution in [-0.4, -0.2) is 29.6 Å². The van der Waals surface area contributed by atoms with Crippen LogP contribution in [0.5, 0.6) is 0 Å². The van der Waals surface area contributed by atoms with E-state index in [1.807, 2.05) is 0 Å². The van der Waals surface area contributed by atoms with Gasteiger partial charge in [0, 0.05) is 25.5 Å². The molecule has 19 heavy (non-hydrogen) atoms. The first-order valence-corrected chi connectivity index (χ1v) is 7.25. The monoisotopic (exact) mass is 281 g/mol. The number of hydrogen-bond acceptors (Lipinski definition) is 4. The van der Waals surface area contributed by atoms with Crippen LogP contribution >= 0.6 is 0 Å². The second-order valence-electron chi connectivity index (χ2n) is 4.00. The van der Waals surface area contributed by atoms with Crippen LogP contribution in [0.25, 0.3) is 0 Å². The van der Waals surface area contributed by atoms with Crippen molar-refractivity contribution in [2.75, 3.05) is 6.54 Å². The highest BCUT2D eigenvalue weighted by atomic mass is 32.2. The maximum absolute atomic E-state index is 12.0. The van der Waals surface area contributed by atoms with Crippen molar-refractivity contribution >= 4 is 10.0 Å². The third-order valence-corrected chi connectivity index (χ3v) is 4.07. The van der Waals surface area contributed by atoms with Crippen molar-refractivity contribution in [1.82, 2.24) is 14.3 Å². The lowest BCUT2D eigenvalue weighted by Crippen LogP contribution is -2.27. The molecular formula is C12H15N3O3S. The van der Waals surface area contributed by atoms with Gasteiger partial charge >= 0.3 is 0 Å². The van der Waals surface area contributed by atoms with Gasteiger partial charge in [-0.15, -0.1) is 0 Å². The number of rotatable bonds is 6. The van der Waals surface area contributed by atoms with Gasteiger partial charge in [0.2, 0.25) is 10.0 Å². The number of hydrogen-bond donors (Lipinski definition) is 2. The molecule has 102 valence electrons. The van der Waals surface area contributed by atoms with Gasteiger partial charge in [-0.3, -0.25) is 0 Å². The van der Waals surface area contributed by atoms with Gasteiger partial charge in [0.05, 0.1) is 17.8 Å². The third-order valence-electron chi connectivity index (χ3n) is 2.61. The number of aromatic nitrogens is 2. The van der Waals surface area contributed by atoms with E-state index in [1.165, 1.54) is 12.1 Å². The zero-order chi connectivity index (χ0) is 13.7. The highest BCUT2D eigenvalue weighted by molar-refractivity contribution is 7.89. The van der Waals surface area contributed by atoms with E-state index < -0.39 is 10.0 Å². The summed E-state index contributed by atoms with van der Waals surface area (Å²) in [5, 5.41) is 9.00. The molecule has 1 heterocycles. The molecule has 1 aromatic carbocycles. The van der Waals surface area contributed by atoms with Gasteiger partial charge in [0.1, 0.15) is 0 Å². The summed E-state index contributed by atoms with van der Waals surface area (Å²) in [5.41, 5.74) is 0.567. The molecule has 7 heteroatoms. The average molecular weight is 281 g/mol. The zero-order valence-corrected chi connectivity index (χ0v) is 11.0. The molecule has 2 N–H and O–H groups in total. The summed E-state index contributed by atoms with van der Waals surface area (Å²) in [5.74, 6) is 0. The van der Waals surface area contributed by atoms with Gasteiger partial charge in [0.25, 0.3) is 0 Å². The molecule has 0 radical (unpaired) electrons. The Hall–Kier alpha value is -1.70. The first-order valence-electron chi connectivity index (χ1n) is 5.77. The van der Waals surface area contributed by atoms with Gasteiger partial charge < -0.3 is 9.67 Å². The van der Waals surface area contributed by atoms with Crippen LogP contribution in [0.1, 0.15) is 5.56 Å². The van der Waals surface area contributed by atoms with Crippen LogP contribution in [0.2, 0.25) is 0 Å². The molecule has 0 bridgehead atoms. The summed E-state index contributed by atoms with van der Waals surface area (Å²) in [6.45, 7) is 0.610. The predicted octanol–water partition coefficient (Wildman–Crippen LogP) is 0.354. The normalized spacial score (nSPS) is 11.6. The fourth-order valence-corrected chi connectivity index (χ4v) is 2.71. The van der Waals surface area contributed by atoms with Crippen LogP contribution in [0.4, 0.5) is 0 Å². The Bertz CT molecular complexity index is 623. The van der Waals surface area contributed by atoms with Gasteiger partial charge in [-0.05, 0) is 17.7 Å². The highest BCUT2D eigenvalue weighted by Gasteiger charge is 2.13. The molecule has 0 fully saturated rings. The molecule has 0 aliphatic rings. The average Bonchev–Trinajstić information content (AvgIpc) is 2.92. The smallest absolute Gasteiger partial charge is 0.240 e. The molecule has 0 aliphatic heterocycles. The molecule has 0 amide bonds. The Morgan fingerprint density at radius 3 is 2.89 bits per heavy atom. The summed E-state index contributed by atoms with van der Waals surface area (Å²) >= 11 is 0. The largest absolute Gasteiger partial charge is 0.392 e.